The SMILES string of the molecule is C[Si]1(C)O[SiH](C(F)F)O[Si](C)(C)O1. The topological polar surface area (TPSA) is 27.7 Å². The molecule has 1 rings (SSSR count). The standard InChI is InChI=1S/C5H14F2O3Si3/c1-12(2)8-11(5(6)7)9-13(3,4)10-12/h5,11H,1-4H3. The van der Waals surface area contributed by atoms with Crippen molar-refractivity contribution in [2.75, 3.05) is 0 Å². The minimum Gasteiger partial charge on any atom is -0.416 e. The Morgan fingerprint density at radius 2 is 1.38 bits per heavy atom. The first-order chi connectivity index (χ1) is 5.72. The van der Waals surface area contributed by atoms with Gasteiger partial charge in [-0.05, 0) is 26.2 Å². The summed E-state index contributed by atoms with van der Waals surface area (Å²) in [5, 5.41) is 0. The van der Waals surface area contributed by atoms with Gasteiger partial charge in [-0.2, -0.15) is 0 Å². The van der Waals surface area contributed by atoms with Crippen LogP contribution in [0.5, 0.6) is 0 Å². The first-order valence-corrected chi connectivity index (χ1v) is 11.3. The largest absolute Gasteiger partial charge is 0.416 e. The van der Waals surface area contributed by atoms with Crippen molar-refractivity contribution in [1.29, 1.82) is 0 Å². The van der Waals surface area contributed by atoms with Crippen LogP contribution in [0, 0.1) is 0 Å². The number of hydrogen-bond donors (Lipinski definition) is 0. The molecule has 0 bridgehead atoms. The Bertz CT molecular complexity index is 183. The Morgan fingerprint density at radius 1 is 1.00 bits per heavy atom. The zero-order chi connectivity index (χ0) is 10.3. The van der Waals surface area contributed by atoms with Crippen LogP contribution in [-0.2, 0) is 12.3 Å². The summed E-state index contributed by atoms with van der Waals surface area (Å²) in [6.45, 7) is 7.14. The quantitative estimate of drug-likeness (QED) is 0.654. The predicted octanol–water partition coefficient (Wildman–Crippen LogP) is 1.48. The van der Waals surface area contributed by atoms with Crippen LogP contribution in [0.2, 0.25) is 26.2 Å². The third-order valence-electron chi connectivity index (χ3n) is 1.50. The molecule has 0 aromatic rings. The monoisotopic (exact) mass is 244 g/mol. The van der Waals surface area contributed by atoms with E-state index in [1.165, 1.54) is 0 Å². The van der Waals surface area contributed by atoms with E-state index in [1.54, 1.807) is 26.2 Å². The maximum atomic E-state index is 12.4. The minimum absolute atomic E-state index is 1.78. The third kappa shape index (κ3) is 3.22. The molecule has 1 aliphatic rings. The van der Waals surface area contributed by atoms with E-state index in [-0.39, 0.29) is 0 Å². The second-order valence-corrected chi connectivity index (χ2v) is 13.4. The third-order valence-corrected chi connectivity index (χ3v) is 12.2. The molecule has 1 fully saturated rings. The average molecular weight is 244 g/mol. The van der Waals surface area contributed by atoms with Crippen LogP contribution < -0.4 is 0 Å². The van der Waals surface area contributed by atoms with Crippen molar-refractivity contribution in [2.24, 2.45) is 0 Å². The second kappa shape index (κ2) is 3.51. The molecule has 78 valence electrons. The second-order valence-electron chi connectivity index (χ2n) is 3.84. The zero-order valence-electron chi connectivity index (χ0n) is 8.14. The summed E-state index contributed by atoms with van der Waals surface area (Å²) in [7, 11) is -7.45. The van der Waals surface area contributed by atoms with Gasteiger partial charge < -0.3 is 12.3 Å². The lowest BCUT2D eigenvalue weighted by molar-refractivity contribution is 0.151. The Kier molecular flexibility index (Phi) is 3.10. The molecule has 0 atom stereocenters. The van der Waals surface area contributed by atoms with Crippen LogP contribution in [0.25, 0.3) is 0 Å². The molecule has 0 aromatic heterocycles. The molecule has 0 aliphatic carbocycles. The summed E-state index contributed by atoms with van der Waals surface area (Å²) in [6, 6.07) is -2.46. The zero-order valence-corrected chi connectivity index (χ0v) is 11.3. The van der Waals surface area contributed by atoms with Gasteiger partial charge in [-0.1, -0.05) is 0 Å². The highest BCUT2D eigenvalue weighted by atomic mass is 28.5. The van der Waals surface area contributed by atoms with Crippen LogP contribution in [-0.4, -0.2) is 32.5 Å². The van der Waals surface area contributed by atoms with Gasteiger partial charge >= 0.3 is 26.4 Å². The molecule has 0 spiro atoms. The summed E-state index contributed by atoms with van der Waals surface area (Å²) in [4.78, 5) is 0. The Morgan fingerprint density at radius 3 is 1.69 bits per heavy atom. The molecule has 13 heavy (non-hydrogen) atoms. The molecule has 1 saturated heterocycles. The van der Waals surface area contributed by atoms with Gasteiger partial charge in [0.15, 0.2) is 0 Å². The van der Waals surface area contributed by atoms with E-state index in [0.717, 1.165) is 0 Å². The molecular formula is C5H14F2O3Si3. The van der Waals surface area contributed by atoms with E-state index in [4.69, 9.17) is 12.3 Å². The molecule has 0 aromatic carbocycles. The molecule has 0 unspecified atom stereocenters. The maximum Gasteiger partial charge on any atom is 0.376 e. The van der Waals surface area contributed by atoms with Crippen LogP contribution in [0.3, 0.4) is 0 Å². The highest BCUT2D eigenvalue weighted by Crippen LogP contribution is 2.26. The fraction of sp³-hybridized carbons (Fsp3) is 1.00. The Labute approximate surface area is 80.3 Å². The van der Waals surface area contributed by atoms with Crippen molar-refractivity contribution in [3.05, 3.63) is 0 Å². The maximum absolute atomic E-state index is 12.4. The molecule has 0 radical (unpaired) electrons. The van der Waals surface area contributed by atoms with E-state index in [2.05, 4.69) is 0 Å². The highest BCUT2D eigenvalue weighted by Gasteiger charge is 2.49. The summed E-state index contributed by atoms with van der Waals surface area (Å²) >= 11 is 0. The summed E-state index contributed by atoms with van der Waals surface area (Å²) in [5.41, 5.74) is 0. The van der Waals surface area contributed by atoms with Crippen molar-refractivity contribution in [3.8, 4) is 0 Å². The van der Waals surface area contributed by atoms with Gasteiger partial charge in [0, 0.05) is 0 Å². The highest BCUT2D eigenvalue weighted by molar-refractivity contribution is 6.87. The molecule has 3 nitrogen and oxygen atoms in total. The minimum atomic E-state index is -2.78. The van der Waals surface area contributed by atoms with Crippen molar-refractivity contribution in [2.45, 2.75) is 32.2 Å². The molecule has 0 saturated carbocycles. The van der Waals surface area contributed by atoms with Gasteiger partial charge in [0.25, 0.3) is 6.05 Å². The van der Waals surface area contributed by atoms with Crippen molar-refractivity contribution < 1.29 is 21.1 Å². The lowest BCUT2D eigenvalue weighted by Crippen LogP contribution is -2.61. The molecule has 1 heterocycles. The average Bonchev–Trinajstić information content (AvgIpc) is 1.79. The van der Waals surface area contributed by atoms with Gasteiger partial charge in [0.2, 0.25) is 0 Å². The first kappa shape index (κ1) is 11.5. The van der Waals surface area contributed by atoms with Crippen LogP contribution in [0.1, 0.15) is 0 Å². The Hall–Kier alpha value is 0.391. The lowest BCUT2D eigenvalue weighted by atomic mass is 11.7. The number of halogens is 2. The van der Waals surface area contributed by atoms with E-state index < -0.39 is 32.5 Å². The fourth-order valence-electron chi connectivity index (χ4n) is 1.33. The van der Waals surface area contributed by atoms with Gasteiger partial charge in [-0.15, -0.1) is 0 Å². The molecular weight excluding hydrogens is 230 g/mol. The van der Waals surface area contributed by atoms with E-state index in [0.29, 0.717) is 0 Å². The van der Waals surface area contributed by atoms with Crippen LogP contribution in [0.15, 0.2) is 0 Å². The first-order valence-electron chi connectivity index (χ1n) is 4.06. The summed E-state index contributed by atoms with van der Waals surface area (Å²) in [5.74, 6) is 0. The normalized spacial score (nSPS) is 27.9. The van der Waals surface area contributed by atoms with Crippen molar-refractivity contribution in [1.82, 2.24) is 0 Å². The van der Waals surface area contributed by atoms with Gasteiger partial charge in [0.1, 0.15) is 0 Å². The van der Waals surface area contributed by atoms with Crippen LogP contribution in [0.4, 0.5) is 8.78 Å². The number of rotatable bonds is 1. The summed E-state index contributed by atoms with van der Waals surface area (Å²) < 4.78 is 40.8. The van der Waals surface area contributed by atoms with Gasteiger partial charge in [0.05, 0.1) is 0 Å². The van der Waals surface area contributed by atoms with Crippen molar-refractivity contribution in [3.63, 3.8) is 0 Å². The lowest BCUT2D eigenvalue weighted by Gasteiger charge is -2.42. The van der Waals surface area contributed by atoms with Gasteiger partial charge in [-0.25, -0.2) is 8.78 Å². The van der Waals surface area contributed by atoms with Crippen LogP contribution >= 0.6 is 0 Å². The Balaban J connectivity index is 2.72. The number of alkyl halides is 2. The predicted molar refractivity (Wildman–Crippen MR) is 51.4 cm³/mol. The smallest absolute Gasteiger partial charge is 0.376 e. The van der Waals surface area contributed by atoms with E-state index in [9.17, 15) is 8.78 Å². The molecule has 8 heteroatoms. The van der Waals surface area contributed by atoms with E-state index >= 15 is 0 Å². The molecule has 0 amide bonds. The van der Waals surface area contributed by atoms with Gasteiger partial charge in [-0.3, -0.25) is 0 Å². The molecule has 1 aliphatic heterocycles. The van der Waals surface area contributed by atoms with Crippen molar-refractivity contribution >= 4 is 26.4 Å². The van der Waals surface area contributed by atoms with E-state index in [1.807, 2.05) is 0 Å². The number of hydrogen-bond acceptors (Lipinski definition) is 3. The fourth-order valence-corrected chi connectivity index (χ4v) is 13.2. The summed E-state index contributed by atoms with van der Waals surface area (Å²) in [6.07, 6.45) is 0. The molecule has 0 N–H and O–H groups in total.